The number of carbonyl (C=O) groups is 2. The van der Waals surface area contributed by atoms with E-state index >= 15 is 0 Å². The molecule has 2 amide bonds. The highest BCUT2D eigenvalue weighted by Gasteiger charge is 2.18. The van der Waals surface area contributed by atoms with Crippen molar-refractivity contribution in [2.24, 2.45) is 0 Å². The first-order valence-electron chi connectivity index (χ1n) is 8.97. The van der Waals surface area contributed by atoms with Crippen molar-refractivity contribution in [1.82, 2.24) is 15.4 Å². The zero-order valence-electron chi connectivity index (χ0n) is 16.6. The quantitative estimate of drug-likeness (QED) is 0.529. The minimum atomic E-state index is -3.74. The van der Waals surface area contributed by atoms with Crippen LogP contribution in [0.5, 0.6) is 0 Å². The molecule has 0 aliphatic rings. The van der Waals surface area contributed by atoms with Crippen LogP contribution in [0.2, 0.25) is 0 Å². The molecule has 0 aliphatic heterocycles. The third-order valence-corrected chi connectivity index (χ3v) is 5.69. The Labute approximate surface area is 170 Å². The van der Waals surface area contributed by atoms with E-state index in [1.807, 2.05) is 0 Å². The molecule has 0 aromatic heterocycles. The van der Waals surface area contributed by atoms with Gasteiger partial charge in [0, 0.05) is 38.4 Å². The van der Waals surface area contributed by atoms with Crippen molar-refractivity contribution in [1.29, 1.82) is 0 Å². The molecule has 0 radical (unpaired) electrons. The Hall–Kier alpha value is -2.75. The van der Waals surface area contributed by atoms with Gasteiger partial charge < -0.3 is 15.4 Å². The molecular weight excluding hydrogens is 394 g/mol. The number of benzene rings is 2. The van der Waals surface area contributed by atoms with E-state index in [0.717, 1.165) is 5.56 Å². The second kappa shape index (κ2) is 10.1. The summed E-state index contributed by atoms with van der Waals surface area (Å²) in [6.07, 6.45) is 0. The van der Waals surface area contributed by atoms with Gasteiger partial charge in [0.15, 0.2) is 0 Å². The van der Waals surface area contributed by atoms with Crippen molar-refractivity contribution < 1.29 is 22.7 Å². The van der Waals surface area contributed by atoms with Gasteiger partial charge in [-0.3, -0.25) is 9.59 Å². The molecule has 2 aromatic rings. The highest BCUT2D eigenvalue weighted by atomic mass is 32.2. The highest BCUT2D eigenvalue weighted by molar-refractivity contribution is 7.89. The molecule has 0 heterocycles. The molecule has 2 aromatic carbocycles. The van der Waals surface area contributed by atoms with E-state index in [4.69, 9.17) is 4.74 Å². The van der Waals surface area contributed by atoms with E-state index in [-0.39, 0.29) is 36.1 Å². The molecule has 0 bridgehead atoms. The first kappa shape index (κ1) is 22.5. The Morgan fingerprint density at radius 1 is 1.07 bits per heavy atom. The van der Waals surface area contributed by atoms with Gasteiger partial charge in [-0.05, 0) is 42.3 Å². The number of carbonyl (C=O) groups excluding carboxylic acids is 2. The minimum absolute atomic E-state index is 0.00553. The summed E-state index contributed by atoms with van der Waals surface area (Å²) in [7, 11) is -0.719. The van der Waals surface area contributed by atoms with Gasteiger partial charge >= 0.3 is 0 Å². The molecule has 0 fully saturated rings. The lowest BCUT2D eigenvalue weighted by Gasteiger charge is -2.11. The van der Waals surface area contributed by atoms with Gasteiger partial charge in [-0.1, -0.05) is 18.2 Å². The van der Waals surface area contributed by atoms with Crippen LogP contribution in [0.15, 0.2) is 47.4 Å². The van der Waals surface area contributed by atoms with Crippen molar-refractivity contribution >= 4 is 21.8 Å². The van der Waals surface area contributed by atoms with E-state index in [1.165, 1.54) is 19.2 Å². The number of sulfonamides is 1. The molecule has 0 unspecified atom stereocenters. The summed E-state index contributed by atoms with van der Waals surface area (Å²) in [6, 6.07) is 11.3. The van der Waals surface area contributed by atoms with Crippen molar-refractivity contribution in [2.45, 2.75) is 18.4 Å². The average Bonchev–Trinajstić information content (AvgIpc) is 2.72. The number of hydrogen-bond acceptors (Lipinski definition) is 5. The number of nitrogens with one attached hydrogen (secondary N) is 3. The maximum absolute atomic E-state index is 12.6. The fourth-order valence-electron chi connectivity index (χ4n) is 2.62. The lowest BCUT2D eigenvalue weighted by atomic mass is 10.1. The third kappa shape index (κ3) is 6.11. The molecule has 0 aliphatic carbocycles. The first-order valence-corrected chi connectivity index (χ1v) is 10.4. The summed E-state index contributed by atoms with van der Waals surface area (Å²) in [6.45, 7) is 2.31. The number of aryl methyl sites for hydroxylation is 1. The Morgan fingerprint density at radius 2 is 1.83 bits per heavy atom. The van der Waals surface area contributed by atoms with E-state index in [9.17, 15) is 18.0 Å². The maximum Gasteiger partial charge on any atom is 0.251 e. The second-order valence-corrected chi connectivity index (χ2v) is 8.10. The van der Waals surface area contributed by atoms with Crippen molar-refractivity contribution in [3.63, 3.8) is 0 Å². The van der Waals surface area contributed by atoms with Gasteiger partial charge in [0.1, 0.15) is 0 Å². The molecule has 8 nitrogen and oxygen atoms in total. The van der Waals surface area contributed by atoms with Crippen LogP contribution in [0.1, 0.15) is 31.8 Å². The van der Waals surface area contributed by atoms with Gasteiger partial charge in [0.2, 0.25) is 10.0 Å². The van der Waals surface area contributed by atoms with Crippen molar-refractivity contribution in [3.8, 4) is 0 Å². The summed E-state index contributed by atoms with van der Waals surface area (Å²) in [5.41, 5.74) is 2.16. The topological polar surface area (TPSA) is 114 Å². The zero-order chi connectivity index (χ0) is 21.4. The van der Waals surface area contributed by atoms with Gasteiger partial charge in [-0.15, -0.1) is 0 Å². The number of rotatable bonds is 9. The van der Waals surface area contributed by atoms with E-state index in [1.54, 1.807) is 44.3 Å². The summed E-state index contributed by atoms with van der Waals surface area (Å²) in [5, 5.41) is 5.31. The summed E-state index contributed by atoms with van der Waals surface area (Å²) in [4.78, 5) is 24.4. The van der Waals surface area contributed by atoms with E-state index in [0.29, 0.717) is 11.1 Å². The maximum atomic E-state index is 12.6. The Balaban J connectivity index is 2.14. The van der Waals surface area contributed by atoms with Crippen LogP contribution in [-0.2, 0) is 21.3 Å². The Bertz CT molecular complexity index is 989. The predicted octanol–water partition coefficient (Wildman–Crippen LogP) is 1.21. The standard InChI is InChI=1S/C20H25N3O5S/c1-14-7-8-17(29(26,27)23-9-10-28-3)12-18(14)20(25)22-13-15-5-4-6-16(11-15)19(24)21-2/h4-8,11-12,23H,9-10,13H2,1-3H3,(H,21,24)(H,22,25). The Kier molecular flexibility index (Phi) is 7.89. The van der Waals surface area contributed by atoms with Gasteiger partial charge in [-0.25, -0.2) is 13.1 Å². The molecule has 0 spiro atoms. The van der Waals surface area contributed by atoms with Crippen molar-refractivity contribution in [3.05, 3.63) is 64.7 Å². The van der Waals surface area contributed by atoms with Crippen LogP contribution in [0.4, 0.5) is 0 Å². The normalized spacial score (nSPS) is 11.1. The molecule has 3 N–H and O–H groups in total. The van der Waals surface area contributed by atoms with Crippen LogP contribution in [-0.4, -0.2) is 47.5 Å². The van der Waals surface area contributed by atoms with Gasteiger partial charge in [-0.2, -0.15) is 0 Å². The molecule has 2 rings (SSSR count). The lowest BCUT2D eigenvalue weighted by Crippen LogP contribution is -2.28. The SMILES string of the molecule is CNC(=O)c1cccc(CNC(=O)c2cc(S(=O)(=O)NCCOC)ccc2C)c1. The van der Waals surface area contributed by atoms with Crippen LogP contribution < -0.4 is 15.4 Å². The lowest BCUT2D eigenvalue weighted by molar-refractivity contribution is 0.0948. The number of ether oxygens (including phenoxy) is 1. The first-order chi connectivity index (χ1) is 13.8. The largest absolute Gasteiger partial charge is 0.383 e. The molecule has 9 heteroatoms. The third-order valence-electron chi connectivity index (χ3n) is 4.23. The van der Waals surface area contributed by atoms with Crippen LogP contribution in [0.3, 0.4) is 0 Å². The monoisotopic (exact) mass is 419 g/mol. The fourth-order valence-corrected chi connectivity index (χ4v) is 3.66. The van der Waals surface area contributed by atoms with Gasteiger partial charge in [0.25, 0.3) is 11.8 Å². The molecule has 0 saturated carbocycles. The van der Waals surface area contributed by atoms with E-state index < -0.39 is 15.9 Å². The summed E-state index contributed by atoms with van der Waals surface area (Å²) < 4.78 is 32.0. The van der Waals surface area contributed by atoms with Gasteiger partial charge in [0.05, 0.1) is 11.5 Å². The molecule has 0 saturated heterocycles. The van der Waals surface area contributed by atoms with Crippen LogP contribution in [0, 0.1) is 6.92 Å². The average molecular weight is 420 g/mol. The highest BCUT2D eigenvalue weighted by Crippen LogP contribution is 2.16. The number of hydrogen-bond donors (Lipinski definition) is 3. The number of amides is 2. The minimum Gasteiger partial charge on any atom is -0.383 e. The predicted molar refractivity (Wildman–Crippen MR) is 109 cm³/mol. The number of methoxy groups -OCH3 is 1. The Morgan fingerprint density at radius 3 is 2.52 bits per heavy atom. The van der Waals surface area contributed by atoms with E-state index in [2.05, 4.69) is 15.4 Å². The van der Waals surface area contributed by atoms with Crippen LogP contribution >= 0.6 is 0 Å². The summed E-state index contributed by atoms with van der Waals surface area (Å²) in [5.74, 6) is -0.616. The van der Waals surface area contributed by atoms with Crippen molar-refractivity contribution in [2.75, 3.05) is 27.3 Å². The fraction of sp³-hybridized carbons (Fsp3) is 0.300. The smallest absolute Gasteiger partial charge is 0.251 e. The molecule has 29 heavy (non-hydrogen) atoms. The molecule has 156 valence electrons. The summed E-state index contributed by atoms with van der Waals surface area (Å²) >= 11 is 0. The molecular formula is C20H25N3O5S. The zero-order valence-corrected chi connectivity index (χ0v) is 17.4. The molecule has 0 atom stereocenters. The van der Waals surface area contributed by atoms with Crippen LogP contribution in [0.25, 0.3) is 0 Å². The second-order valence-electron chi connectivity index (χ2n) is 6.33.